The van der Waals surface area contributed by atoms with Crippen molar-refractivity contribution >= 4 is 11.7 Å². The van der Waals surface area contributed by atoms with Crippen LogP contribution in [-0.4, -0.2) is 54.4 Å². The predicted octanol–water partition coefficient (Wildman–Crippen LogP) is 0.901. The van der Waals surface area contributed by atoms with Crippen molar-refractivity contribution in [3.05, 3.63) is 18.1 Å². The zero-order valence-corrected chi connectivity index (χ0v) is 14.5. The van der Waals surface area contributed by atoms with E-state index in [1.54, 1.807) is 6.20 Å². The number of hydrogen-bond acceptors (Lipinski definition) is 6. The summed E-state index contributed by atoms with van der Waals surface area (Å²) in [6, 6.07) is 1.73. The molecule has 134 valence electrons. The van der Waals surface area contributed by atoms with Crippen molar-refractivity contribution < 1.29 is 14.3 Å². The molecule has 0 unspecified atom stereocenters. The Morgan fingerprint density at radius 3 is 2.80 bits per heavy atom. The number of amides is 1. The molecule has 2 atom stereocenters. The Balaban J connectivity index is 1.57. The molecular weight excluding hydrogens is 320 g/mol. The standard InChI is InChI=1S/C18H24N4O3/c1-13-19-8-4-17(20-13)21-16-12-25-11-7-15(16)22-18(23)3-2-14-5-9-24-10-6-14/h4,8,14-16H,5-7,9-12H2,1H3,(H,22,23)(H,19,20,21)/t15-,16+/m0/s1. The third kappa shape index (κ3) is 5.41. The molecule has 1 amide bonds. The second-order valence-corrected chi connectivity index (χ2v) is 6.34. The minimum Gasteiger partial charge on any atom is -0.381 e. The largest absolute Gasteiger partial charge is 0.381 e. The molecule has 2 aliphatic rings. The van der Waals surface area contributed by atoms with Crippen LogP contribution in [-0.2, 0) is 14.3 Å². The third-order valence-corrected chi connectivity index (χ3v) is 4.39. The number of hydrogen-bond donors (Lipinski definition) is 2. The van der Waals surface area contributed by atoms with Crippen LogP contribution in [0.4, 0.5) is 5.82 Å². The molecule has 1 aromatic heterocycles. The van der Waals surface area contributed by atoms with Crippen LogP contribution in [0.3, 0.4) is 0 Å². The van der Waals surface area contributed by atoms with E-state index in [4.69, 9.17) is 9.47 Å². The summed E-state index contributed by atoms with van der Waals surface area (Å²) in [5.41, 5.74) is 0. The van der Waals surface area contributed by atoms with Crippen molar-refractivity contribution in [2.75, 3.05) is 31.7 Å². The zero-order valence-electron chi connectivity index (χ0n) is 14.5. The fraction of sp³-hybridized carbons (Fsp3) is 0.611. The van der Waals surface area contributed by atoms with Crippen LogP contribution in [0.15, 0.2) is 12.3 Å². The number of aryl methyl sites for hydroxylation is 1. The topological polar surface area (TPSA) is 85.4 Å². The van der Waals surface area contributed by atoms with Gasteiger partial charge in [0.15, 0.2) is 0 Å². The predicted molar refractivity (Wildman–Crippen MR) is 92.9 cm³/mol. The lowest BCUT2D eigenvalue weighted by molar-refractivity contribution is -0.117. The van der Waals surface area contributed by atoms with Gasteiger partial charge in [-0.3, -0.25) is 4.79 Å². The Morgan fingerprint density at radius 1 is 1.20 bits per heavy atom. The molecule has 0 radical (unpaired) electrons. The van der Waals surface area contributed by atoms with Gasteiger partial charge in [0.1, 0.15) is 11.6 Å². The highest BCUT2D eigenvalue weighted by atomic mass is 16.5. The van der Waals surface area contributed by atoms with E-state index >= 15 is 0 Å². The van der Waals surface area contributed by atoms with E-state index in [-0.39, 0.29) is 23.9 Å². The van der Waals surface area contributed by atoms with Crippen molar-refractivity contribution in [1.29, 1.82) is 0 Å². The fourth-order valence-electron chi connectivity index (χ4n) is 2.99. The Kier molecular flexibility index (Phi) is 6.20. The summed E-state index contributed by atoms with van der Waals surface area (Å²) >= 11 is 0. The maximum absolute atomic E-state index is 12.2. The van der Waals surface area contributed by atoms with Crippen LogP contribution in [0.5, 0.6) is 0 Å². The molecule has 2 aliphatic heterocycles. The number of nitrogens with zero attached hydrogens (tertiary/aromatic N) is 2. The molecule has 1 aromatic rings. The third-order valence-electron chi connectivity index (χ3n) is 4.39. The van der Waals surface area contributed by atoms with Crippen LogP contribution < -0.4 is 10.6 Å². The van der Waals surface area contributed by atoms with E-state index in [2.05, 4.69) is 32.4 Å². The van der Waals surface area contributed by atoms with Crippen molar-refractivity contribution in [3.63, 3.8) is 0 Å². The van der Waals surface area contributed by atoms with Gasteiger partial charge in [0.25, 0.3) is 5.91 Å². The van der Waals surface area contributed by atoms with E-state index in [1.807, 2.05) is 13.0 Å². The zero-order chi connectivity index (χ0) is 17.5. The number of carbonyl (C=O) groups excluding carboxylic acids is 1. The highest BCUT2D eigenvalue weighted by Crippen LogP contribution is 2.14. The Hall–Kier alpha value is -2.17. The fourth-order valence-corrected chi connectivity index (χ4v) is 2.99. The molecule has 7 nitrogen and oxygen atoms in total. The Morgan fingerprint density at radius 2 is 2.00 bits per heavy atom. The van der Waals surface area contributed by atoms with Gasteiger partial charge in [-0.15, -0.1) is 0 Å². The first-order valence-electron chi connectivity index (χ1n) is 8.74. The number of carbonyl (C=O) groups is 1. The van der Waals surface area contributed by atoms with Gasteiger partial charge in [-0.1, -0.05) is 5.92 Å². The minimum atomic E-state index is -0.232. The van der Waals surface area contributed by atoms with E-state index in [0.717, 1.165) is 38.3 Å². The molecule has 2 fully saturated rings. The van der Waals surface area contributed by atoms with Crippen LogP contribution in [0.2, 0.25) is 0 Å². The summed E-state index contributed by atoms with van der Waals surface area (Å²) < 4.78 is 10.9. The number of nitrogens with one attached hydrogen (secondary N) is 2. The van der Waals surface area contributed by atoms with Crippen molar-refractivity contribution in [2.45, 2.75) is 38.3 Å². The quantitative estimate of drug-likeness (QED) is 0.793. The Bertz CT molecular complexity index is 649. The Labute approximate surface area is 147 Å². The van der Waals surface area contributed by atoms with E-state index in [9.17, 15) is 4.79 Å². The highest BCUT2D eigenvalue weighted by Gasteiger charge is 2.27. The van der Waals surface area contributed by atoms with E-state index in [0.29, 0.717) is 19.0 Å². The van der Waals surface area contributed by atoms with Crippen LogP contribution in [0.25, 0.3) is 0 Å². The van der Waals surface area contributed by atoms with Gasteiger partial charge in [-0.25, -0.2) is 9.97 Å². The average molecular weight is 344 g/mol. The molecule has 3 rings (SSSR count). The van der Waals surface area contributed by atoms with Crippen molar-refractivity contribution in [2.24, 2.45) is 5.92 Å². The number of ether oxygens (including phenoxy) is 2. The second kappa shape index (κ2) is 8.79. The number of anilines is 1. The first-order chi connectivity index (χ1) is 12.2. The summed E-state index contributed by atoms with van der Waals surface area (Å²) in [5.74, 6) is 7.27. The SMILES string of the molecule is Cc1nccc(N[C@@H]2COCC[C@@H]2NC(=O)C#CC2CCOCC2)n1. The first kappa shape index (κ1) is 17.6. The molecule has 0 spiro atoms. The molecule has 7 heteroatoms. The van der Waals surface area contributed by atoms with Crippen molar-refractivity contribution in [3.8, 4) is 11.8 Å². The van der Waals surface area contributed by atoms with Gasteiger partial charge >= 0.3 is 0 Å². The van der Waals surface area contributed by atoms with E-state index < -0.39 is 0 Å². The lowest BCUT2D eigenvalue weighted by Crippen LogP contribution is -2.52. The molecule has 0 saturated carbocycles. The highest BCUT2D eigenvalue weighted by molar-refractivity contribution is 5.93. The monoisotopic (exact) mass is 344 g/mol. The van der Waals surface area contributed by atoms with Crippen LogP contribution in [0.1, 0.15) is 25.1 Å². The van der Waals surface area contributed by atoms with Crippen molar-refractivity contribution in [1.82, 2.24) is 15.3 Å². The van der Waals surface area contributed by atoms with Gasteiger partial charge < -0.3 is 20.1 Å². The normalized spacial score (nSPS) is 24.0. The van der Waals surface area contributed by atoms with Gasteiger partial charge in [0.2, 0.25) is 0 Å². The van der Waals surface area contributed by atoms with Crippen LogP contribution in [0, 0.1) is 24.7 Å². The molecule has 0 aromatic carbocycles. The van der Waals surface area contributed by atoms with Gasteiger partial charge in [-0.05, 0) is 38.2 Å². The maximum Gasteiger partial charge on any atom is 0.296 e. The summed E-state index contributed by atoms with van der Waals surface area (Å²) in [7, 11) is 0. The molecule has 0 aliphatic carbocycles. The minimum absolute atomic E-state index is 0.0412. The van der Waals surface area contributed by atoms with Gasteiger partial charge in [0, 0.05) is 31.9 Å². The molecule has 0 bridgehead atoms. The first-order valence-corrected chi connectivity index (χ1v) is 8.74. The molecule has 2 N–H and O–H groups in total. The average Bonchev–Trinajstić information content (AvgIpc) is 2.63. The lowest BCUT2D eigenvalue weighted by Gasteiger charge is -2.32. The molecular formula is C18H24N4O3. The second-order valence-electron chi connectivity index (χ2n) is 6.34. The smallest absolute Gasteiger partial charge is 0.296 e. The summed E-state index contributed by atoms with van der Waals surface area (Å²) in [6.07, 6.45) is 4.25. The number of aromatic nitrogens is 2. The van der Waals surface area contributed by atoms with Gasteiger partial charge in [0.05, 0.1) is 18.7 Å². The molecule has 25 heavy (non-hydrogen) atoms. The summed E-state index contributed by atoms with van der Waals surface area (Å²) in [5, 5.41) is 6.34. The number of rotatable bonds is 3. The van der Waals surface area contributed by atoms with Gasteiger partial charge in [-0.2, -0.15) is 0 Å². The lowest BCUT2D eigenvalue weighted by atomic mass is 10.0. The van der Waals surface area contributed by atoms with E-state index in [1.165, 1.54) is 0 Å². The van der Waals surface area contributed by atoms with Crippen LogP contribution >= 0.6 is 0 Å². The maximum atomic E-state index is 12.2. The summed E-state index contributed by atoms with van der Waals surface area (Å²) in [4.78, 5) is 20.6. The molecule has 3 heterocycles. The molecule has 2 saturated heterocycles. The summed E-state index contributed by atoms with van der Waals surface area (Å²) in [6.45, 7) is 4.44.